The van der Waals surface area contributed by atoms with Gasteiger partial charge in [-0.3, -0.25) is 9.59 Å². The van der Waals surface area contributed by atoms with E-state index in [1.807, 2.05) is 0 Å². The molecular formula is C8H12O4. The van der Waals surface area contributed by atoms with E-state index in [1.54, 1.807) is 19.1 Å². The molecule has 0 aromatic rings. The minimum Gasteiger partial charge on any atom is -0.481 e. The molecule has 4 heteroatoms. The number of carboxylic acid groups (broad SMARTS) is 1. The maximum atomic E-state index is 10.8. The number of carbonyl (C=O) groups is 2. The molecule has 0 saturated heterocycles. The molecule has 0 aromatic heterocycles. The predicted octanol–water partition coefficient (Wildman–Crippen LogP) is 0.826. The third kappa shape index (κ3) is 3.18. The number of methoxy groups -OCH3 is 1. The molecule has 0 spiro atoms. The van der Waals surface area contributed by atoms with Crippen LogP contribution in [0.5, 0.6) is 0 Å². The smallest absolute Gasteiger partial charge is 0.320 e. The van der Waals surface area contributed by atoms with Crippen LogP contribution < -0.4 is 0 Å². The summed E-state index contributed by atoms with van der Waals surface area (Å²) < 4.78 is 4.32. The van der Waals surface area contributed by atoms with E-state index in [1.165, 1.54) is 7.11 Å². The number of carboxylic acids is 1. The number of ether oxygens (including phenoxy) is 1. The molecule has 12 heavy (non-hydrogen) atoms. The SMILES string of the molecule is CC=CCC(C(=O)O)C(=O)OC. The fourth-order valence-corrected chi connectivity index (χ4v) is 0.712. The molecule has 1 atom stereocenters. The van der Waals surface area contributed by atoms with Crippen LogP contribution in [0.1, 0.15) is 13.3 Å². The Labute approximate surface area is 70.8 Å². The molecule has 0 fully saturated rings. The molecule has 0 amide bonds. The normalized spacial score (nSPS) is 12.8. The van der Waals surface area contributed by atoms with Crippen molar-refractivity contribution < 1.29 is 19.4 Å². The van der Waals surface area contributed by atoms with Crippen LogP contribution in [-0.2, 0) is 14.3 Å². The average Bonchev–Trinajstić information content (AvgIpc) is 2.04. The van der Waals surface area contributed by atoms with Crippen molar-refractivity contribution in [2.24, 2.45) is 5.92 Å². The average molecular weight is 172 g/mol. The van der Waals surface area contributed by atoms with Gasteiger partial charge in [0.15, 0.2) is 5.92 Å². The Morgan fingerprint density at radius 3 is 2.50 bits per heavy atom. The van der Waals surface area contributed by atoms with Crippen LogP contribution in [0.4, 0.5) is 0 Å². The van der Waals surface area contributed by atoms with Gasteiger partial charge in [-0.15, -0.1) is 0 Å². The topological polar surface area (TPSA) is 63.6 Å². The second-order valence-corrected chi connectivity index (χ2v) is 2.22. The van der Waals surface area contributed by atoms with Gasteiger partial charge in [0.2, 0.25) is 0 Å². The van der Waals surface area contributed by atoms with Crippen LogP contribution in [0.3, 0.4) is 0 Å². The standard InChI is InChI=1S/C8H12O4/c1-3-4-5-6(7(9)10)8(11)12-2/h3-4,6H,5H2,1-2H3,(H,9,10). The van der Waals surface area contributed by atoms with Gasteiger partial charge in [-0.25, -0.2) is 0 Å². The monoisotopic (exact) mass is 172 g/mol. The predicted molar refractivity (Wildman–Crippen MR) is 42.6 cm³/mol. The zero-order chi connectivity index (χ0) is 9.56. The van der Waals surface area contributed by atoms with Crippen LogP contribution >= 0.6 is 0 Å². The molecule has 0 rings (SSSR count). The van der Waals surface area contributed by atoms with Crippen LogP contribution in [-0.4, -0.2) is 24.2 Å². The summed E-state index contributed by atoms with van der Waals surface area (Å²) in [5.41, 5.74) is 0. The summed E-state index contributed by atoms with van der Waals surface area (Å²) in [6.07, 6.45) is 3.49. The summed E-state index contributed by atoms with van der Waals surface area (Å²) in [7, 11) is 1.17. The van der Waals surface area contributed by atoms with Gasteiger partial charge in [0.25, 0.3) is 0 Å². The minimum absolute atomic E-state index is 0.179. The number of rotatable bonds is 4. The van der Waals surface area contributed by atoms with E-state index in [4.69, 9.17) is 5.11 Å². The first-order valence-corrected chi connectivity index (χ1v) is 3.55. The highest BCUT2D eigenvalue weighted by Crippen LogP contribution is 2.06. The van der Waals surface area contributed by atoms with Crippen molar-refractivity contribution in [2.45, 2.75) is 13.3 Å². The maximum Gasteiger partial charge on any atom is 0.320 e. The van der Waals surface area contributed by atoms with Crippen molar-refractivity contribution >= 4 is 11.9 Å². The van der Waals surface area contributed by atoms with Crippen LogP contribution in [0.25, 0.3) is 0 Å². The van der Waals surface area contributed by atoms with Crippen LogP contribution in [0.15, 0.2) is 12.2 Å². The van der Waals surface area contributed by atoms with E-state index in [-0.39, 0.29) is 6.42 Å². The highest BCUT2D eigenvalue weighted by Gasteiger charge is 2.25. The molecule has 4 nitrogen and oxygen atoms in total. The van der Waals surface area contributed by atoms with Crippen LogP contribution in [0.2, 0.25) is 0 Å². The summed E-state index contributed by atoms with van der Waals surface area (Å²) in [4.78, 5) is 21.3. The lowest BCUT2D eigenvalue weighted by Crippen LogP contribution is -2.24. The van der Waals surface area contributed by atoms with Gasteiger partial charge >= 0.3 is 11.9 Å². The van der Waals surface area contributed by atoms with E-state index in [2.05, 4.69) is 4.74 Å². The van der Waals surface area contributed by atoms with Gasteiger partial charge in [-0.1, -0.05) is 12.2 Å². The Balaban J connectivity index is 4.23. The summed E-state index contributed by atoms with van der Waals surface area (Å²) in [5, 5.41) is 8.57. The fourth-order valence-electron chi connectivity index (χ4n) is 0.712. The maximum absolute atomic E-state index is 10.8. The summed E-state index contributed by atoms with van der Waals surface area (Å²) >= 11 is 0. The third-order valence-corrected chi connectivity index (χ3v) is 1.39. The summed E-state index contributed by atoms with van der Waals surface area (Å²) in [6, 6.07) is 0. The molecule has 0 radical (unpaired) electrons. The summed E-state index contributed by atoms with van der Waals surface area (Å²) in [6.45, 7) is 1.76. The molecule has 0 bridgehead atoms. The number of aliphatic carboxylic acids is 1. The number of allylic oxidation sites excluding steroid dienone is 2. The molecule has 0 aliphatic carbocycles. The summed E-state index contributed by atoms with van der Waals surface area (Å²) in [5.74, 6) is -2.94. The van der Waals surface area contributed by atoms with Gasteiger partial charge in [0.05, 0.1) is 7.11 Å². The Kier molecular flexibility index (Phi) is 4.76. The second-order valence-electron chi connectivity index (χ2n) is 2.22. The largest absolute Gasteiger partial charge is 0.481 e. The lowest BCUT2D eigenvalue weighted by Gasteiger charge is -2.05. The second kappa shape index (κ2) is 5.35. The Bertz CT molecular complexity index is 195. The first-order valence-electron chi connectivity index (χ1n) is 3.55. The Morgan fingerprint density at radius 2 is 2.17 bits per heavy atom. The molecule has 0 saturated carbocycles. The number of hydrogen-bond donors (Lipinski definition) is 1. The van der Waals surface area contributed by atoms with Crippen molar-refractivity contribution in [2.75, 3.05) is 7.11 Å². The van der Waals surface area contributed by atoms with Crippen molar-refractivity contribution in [3.8, 4) is 0 Å². The molecule has 0 heterocycles. The van der Waals surface area contributed by atoms with E-state index in [0.717, 1.165) is 0 Å². The van der Waals surface area contributed by atoms with Gasteiger partial charge < -0.3 is 9.84 Å². The van der Waals surface area contributed by atoms with E-state index in [0.29, 0.717) is 0 Å². The number of carbonyl (C=O) groups excluding carboxylic acids is 1. The molecule has 0 aliphatic heterocycles. The lowest BCUT2D eigenvalue weighted by molar-refractivity contribution is -0.156. The fraction of sp³-hybridized carbons (Fsp3) is 0.500. The van der Waals surface area contributed by atoms with E-state index >= 15 is 0 Å². The van der Waals surface area contributed by atoms with Crippen molar-refractivity contribution in [3.63, 3.8) is 0 Å². The molecule has 0 aliphatic rings. The molecule has 1 unspecified atom stereocenters. The molecule has 68 valence electrons. The Hall–Kier alpha value is -1.32. The first-order chi connectivity index (χ1) is 5.63. The molecule has 0 aromatic carbocycles. The minimum atomic E-state index is -1.15. The highest BCUT2D eigenvalue weighted by molar-refractivity contribution is 5.93. The Morgan fingerprint density at radius 1 is 1.58 bits per heavy atom. The zero-order valence-electron chi connectivity index (χ0n) is 7.11. The van der Waals surface area contributed by atoms with E-state index < -0.39 is 17.9 Å². The first kappa shape index (κ1) is 10.7. The quantitative estimate of drug-likeness (QED) is 0.387. The van der Waals surface area contributed by atoms with Crippen molar-refractivity contribution in [1.29, 1.82) is 0 Å². The number of esters is 1. The van der Waals surface area contributed by atoms with Gasteiger partial charge in [-0.05, 0) is 13.3 Å². The van der Waals surface area contributed by atoms with Gasteiger partial charge in [0.1, 0.15) is 0 Å². The van der Waals surface area contributed by atoms with E-state index in [9.17, 15) is 9.59 Å². The highest BCUT2D eigenvalue weighted by atomic mass is 16.5. The zero-order valence-corrected chi connectivity index (χ0v) is 7.11. The van der Waals surface area contributed by atoms with Crippen LogP contribution in [0, 0.1) is 5.92 Å². The molecule has 1 N–H and O–H groups in total. The lowest BCUT2D eigenvalue weighted by atomic mass is 10.1. The van der Waals surface area contributed by atoms with Gasteiger partial charge in [0, 0.05) is 0 Å². The van der Waals surface area contributed by atoms with Gasteiger partial charge in [-0.2, -0.15) is 0 Å². The van der Waals surface area contributed by atoms with Crippen molar-refractivity contribution in [3.05, 3.63) is 12.2 Å². The van der Waals surface area contributed by atoms with Crippen molar-refractivity contribution in [1.82, 2.24) is 0 Å². The number of hydrogen-bond acceptors (Lipinski definition) is 3. The molecular weight excluding hydrogens is 160 g/mol. The third-order valence-electron chi connectivity index (χ3n) is 1.39.